The van der Waals surface area contributed by atoms with Crippen molar-refractivity contribution in [2.75, 3.05) is 44.7 Å². The summed E-state index contributed by atoms with van der Waals surface area (Å²) in [7, 11) is 2.10. The van der Waals surface area contributed by atoms with E-state index in [0.717, 1.165) is 31.7 Å². The Kier molecular flexibility index (Phi) is 4.78. The van der Waals surface area contributed by atoms with Crippen LogP contribution < -0.4 is 4.90 Å². The second-order valence-corrected chi connectivity index (χ2v) is 7.20. The molecule has 4 rings (SSSR count). The maximum Gasteiger partial charge on any atom is 0.266 e. The first kappa shape index (κ1) is 17.9. The topological polar surface area (TPSA) is 64.1 Å². The van der Waals surface area contributed by atoms with Crippen LogP contribution in [0.5, 0.6) is 0 Å². The largest absolute Gasteiger partial charge is 0.387 e. The van der Waals surface area contributed by atoms with Crippen molar-refractivity contribution in [1.29, 1.82) is 0 Å². The van der Waals surface area contributed by atoms with Gasteiger partial charge in [0.2, 0.25) is 0 Å². The number of anilines is 1. The first-order valence-corrected chi connectivity index (χ1v) is 9.21. The Morgan fingerprint density at radius 3 is 2.00 bits per heavy atom. The second kappa shape index (κ2) is 7.23. The molecule has 2 aliphatic rings. The fraction of sp³-hybridized carbons (Fsp3) is 0.333. The Morgan fingerprint density at radius 2 is 1.44 bits per heavy atom. The van der Waals surface area contributed by atoms with Crippen LogP contribution in [0, 0.1) is 0 Å². The summed E-state index contributed by atoms with van der Waals surface area (Å²) in [6, 6.07) is 13.9. The molecule has 1 saturated heterocycles. The highest BCUT2D eigenvalue weighted by molar-refractivity contribution is 6.34. The number of carbonyl (C=O) groups is 2. The van der Waals surface area contributed by atoms with Gasteiger partial charge in [-0.05, 0) is 36.9 Å². The molecule has 0 bridgehead atoms. The van der Waals surface area contributed by atoms with Crippen LogP contribution in [0.3, 0.4) is 0 Å². The molecule has 1 N–H and O–H groups in total. The van der Waals surface area contributed by atoms with Crippen molar-refractivity contribution in [1.82, 2.24) is 9.80 Å². The lowest BCUT2D eigenvalue weighted by Crippen LogP contribution is -2.45. The van der Waals surface area contributed by atoms with E-state index in [9.17, 15) is 14.7 Å². The van der Waals surface area contributed by atoms with Crippen molar-refractivity contribution in [3.05, 3.63) is 65.2 Å². The normalized spacial score (nSPS) is 19.4. The van der Waals surface area contributed by atoms with Crippen LogP contribution in [0.15, 0.2) is 48.5 Å². The summed E-state index contributed by atoms with van der Waals surface area (Å²) >= 11 is 0. The number of hydrogen-bond donors (Lipinski definition) is 1. The number of β-amino-alcohol motifs (C(OH)–C–C–N with tert-alkyl or cyclic N) is 1. The molecule has 1 atom stereocenters. The Hall–Kier alpha value is -2.54. The number of hydrogen-bond acceptors (Lipinski definition) is 5. The summed E-state index contributed by atoms with van der Waals surface area (Å²) in [5.74, 6) is -0.609. The van der Waals surface area contributed by atoms with Crippen LogP contribution in [0.1, 0.15) is 32.4 Å². The van der Waals surface area contributed by atoms with E-state index >= 15 is 0 Å². The van der Waals surface area contributed by atoms with Gasteiger partial charge in [0.1, 0.15) is 0 Å². The zero-order chi connectivity index (χ0) is 19.0. The van der Waals surface area contributed by atoms with Gasteiger partial charge in [-0.25, -0.2) is 4.90 Å². The van der Waals surface area contributed by atoms with Gasteiger partial charge < -0.3 is 10.0 Å². The van der Waals surface area contributed by atoms with Crippen molar-refractivity contribution in [3.63, 3.8) is 0 Å². The number of amides is 2. The molecule has 0 aliphatic carbocycles. The molecule has 2 amide bonds. The molecule has 0 aromatic heterocycles. The lowest BCUT2D eigenvalue weighted by molar-refractivity contribution is 0.0805. The molecule has 140 valence electrons. The van der Waals surface area contributed by atoms with Gasteiger partial charge in [0.25, 0.3) is 11.8 Å². The van der Waals surface area contributed by atoms with E-state index < -0.39 is 6.10 Å². The van der Waals surface area contributed by atoms with Crippen molar-refractivity contribution in [3.8, 4) is 0 Å². The molecule has 0 spiro atoms. The van der Waals surface area contributed by atoms with E-state index in [0.29, 0.717) is 23.4 Å². The van der Waals surface area contributed by atoms with E-state index in [1.165, 1.54) is 4.90 Å². The third-order valence-corrected chi connectivity index (χ3v) is 5.36. The molecule has 0 radical (unpaired) electrons. The summed E-state index contributed by atoms with van der Waals surface area (Å²) in [6.45, 7) is 4.48. The number of aliphatic hydroxyl groups is 1. The number of imide groups is 1. The van der Waals surface area contributed by atoms with Gasteiger partial charge >= 0.3 is 0 Å². The number of aliphatic hydroxyl groups excluding tert-OH is 1. The molecule has 0 saturated carbocycles. The van der Waals surface area contributed by atoms with Crippen LogP contribution in [-0.2, 0) is 0 Å². The molecule has 2 aromatic rings. The number of nitrogens with zero attached hydrogens (tertiary/aromatic N) is 3. The minimum Gasteiger partial charge on any atom is -0.387 e. The van der Waals surface area contributed by atoms with E-state index in [1.807, 2.05) is 0 Å². The van der Waals surface area contributed by atoms with Gasteiger partial charge in [-0.1, -0.05) is 24.3 Å². The Bertz CT molecular complexity index is 822. The molecular formula is C21H23N3O3. The summed E-state index contributed by atoms with van der Waals surface area (Å²) in [5, 5.41) is 10.5. The maximum absolute atomic E-state index is 12.6. The first-order chi connectivity index (χ1) is 13.0. The monoisotopic (exact) mass is 365 g/mol. The number of rotatable bonds is 4. The Labute approximate surface area is 158 Å². The van der Waals surface area contributed by atoms with Gasteiger partial charge in [0.05, 0.1) is 22.9 Å². The quantitative estimate of drug-likeness (QED) is 0.837. The fourth-order valence-electron chi connectivity index (χ4n) is 3.65. The van der Waals surface area contributed by atoms with Crippen molar-refractivity contribution in [2.24, 2.45) is 0 Å². The van der Waals surface area contributed by atoms with Gasteiger partial charge in [-0.3, -0.25) is 14.5 Å². The predicted octanol–water partition coefficient (Wildman–Crippen LogP) is 1.77. The van der Waals surface area contributed by atoms with Gasteiger partial charge in [0, 0.05) is 32.7 Å². The average Bonchev–Trinajstić information content (AvgIpc) is 2.95. The second-order valence-electron chi connectivity index (χ2n) is 7.20. The molecule has 1 unspecified atom stereocenters. The van der Waals surface area contributed by atoms with E-state index in [-0.39, 0.29) is 11.8 Å². The summed E-state index contributed by atoms with van der Waals surface area (Å²) in [4.78, 5) is 30.8. The molecule has 6 nitrogen and oxygen atoms in total. The van der Waals surface area contributed by atoms with E-state index in [2.05, 4.69) is 16.8 Å². The minimum absolute atomic E-state index is 0.304. The fourth-order valence-corrected chi connectivity index (χ4v) is 3.65. The number of likely N-dealkylation sites (N-methyl/N-ethyl adjacent to an activating group) is 1. The summed E-state index contributed by atoms with van der Waals surface area (Å²) < 4.78 is 0. The third kappa shape index (κ3) is 3.39. The highest BCUT2D eigenvalue weighted by Crippen LogP contribution is 2.29. The highest BCUT2D eigenvalue weighted by atomic mass is 16.3. The molecule has 2 aliphatic heterocycles. The van der Waals surface area contributed by atoms with E-state index in [4.69, 9.17) is 0 Å². The molecule has 6 heteroatoms. The van der Waals surface area contributed by atoms with Gasteiger partial charge in [0.15, 0.2) is 0 Å². The lowest BCUT2D eigenvalue weighted by Gasteiger charge is -2.33. The number of benzene rings is 2. The number of piperazine rings is 1. The summed E-state index contributed by atoms with van der Waals surface area (Å²) in [6.07, 6.45) is -0.593. The molecule has 27 heavy (non-hydrogen) atoms. The maximum atomic E-state index is 12.6. The molecule has 2 heterocycles. The standard InChI is InChI=1S/C21H23N3O3/c1-22-10-12-23(13-11-22)14-19(25)15-6-8-16(9-7-15)24-20(26)17-4-2-3-5-18(17)21(24)27/h2-9,19,25H,10-14H2,1H3. The predicted molar refractivity (Wildman–Crippen MR) is 103 cm³/mol. The Balaban J connectivity index is 1.46. The van der Waals surface area contributed by atoms with Crippen LogP contribution in [0.4, 0.5) is 5.69 Å². The van der Waals surface area contributed by atoms with Crippen molar-refractivity contribution >= 4 is 17.5 Å². The van der Waals surface area contributed by atoms with E-state index in [1.54, 1.807) is 48.5 Å². The van der Waals surface area contributed by atoms with Crippen LogP contribution in [0.2, 0.25) is 0 Å². The minimum atomic E-state index is -0.593. The average molecular weight is 365 g/mol. The number of carbonyl (C=O) groups excluding carboxylic acids is 2. The Morgan fingerprint density at radius 1 is 0.889 bits per heavy atom. The highest BCUT2D eigenvalue weighted by Gasteiger charge is 2.36. The van der Waals surface area contributed by atoms with Crippen molar-refractivity contribution in [2.45, 2.75) is 6.10 Å². The smallest absolute Gasteiger partial charge is 0.266 e. The van der Waals surface area contributed by atoms with Crippen LogP contribution in [0.25, 0.3) is 0 Å². The summed E-state index contributed by atoms with van der Waals surface area (Å²) in [5.41, 5.74) is 2.18. The lowest BCUT2D eigenvalue weighted by atomic mass is 10.1. The third-order valence-electron chi connectivity index (χ3n) is 5.36. The molecular weight excluding hydrogens is 342 g/mol. The van der Waals surface area contributed by atoms with Crippen molar-refractivity contribution < 1.29 is 14.7 Å². The first-order valence-electron chi connectivity index (χ1n) is 9.21. The van der Waals surface area contributed by atoms with Crippen LogP contribution in [-0.4, -0.2) is 66.5 Å². The van der Waals surface area contributed by atoms with Gasteiger partial charge in [-0.15, -0.1) is 0 Å². The molecule has 2 aromatic carbocycles. The zero-order valence-electron chi connectivity index (χ0n) is 15.3. The molecule has 1 fully saturated rings. The number of fused-ring (bicyclic) bond motifs is 1. The van der Waals surface area contributed by atoms with Gasteiger partial charge in [-0.2, -0.15) is 0 Å². The SMILES string of the molecule is CN1CCN(CC(O)c2ccc(N3C(=O)c4ccccc4C3=O)cc2)CC1. The zero-order valence-corrected chi connectivity index (χ0v) is 15.3. The van der Waals surface area contributed by atoms with Crippen LogP contribution >= 0.6 is 0 Å².